The Hall–Kier alpha value is -4.43. The number of fused-ring (bicyclic) bond motifs is 2. The maximum absolute atomic E-state index is 14.4. The van der Waals surface area contributed by atoms with Crippen molar-refractivity contribution in [2.45, 2.75) is 25.9 Å². The van der Waals surface area contributed by atoms with E-state index in [1.165, 1.54) is 31.4 Å². The van der Waals surface area contributed by atoms with Gasteiger partial charge in [0.1, 0.15) is 5.75 Å². The summed E-state index contributed by atoms with van der Waals surface area (Å²) >= 11 is 0. The molecule has 0 bridgehead atoms. The van der Waals surface area contributed by atoms with Crippen molar-refractivity contribution in [1.29, 1.82) is 0 Å². The van der Waals surface area contributed by atoms with Crippen LogP contribution >= 0.6 is 0 Å². The van der Waals surface area contributed by atoms with Crippen molar-refractivity contribution in [1.82, 2.24) is 14.9 Å². The van der Waals surface area contributed by atoms with Gasteiger partial charge in [-0.05, 0) is 67.4 Å². The van der Waals surface area contributed by atoms with Gasteiger partial charge in [0.2, 0.25) is 0 Å². The molecule has 2 heterocycles. The van der Waals surface area contributed by atoms with Crippen LogP contribution in [0, 0.1) is 5.82 Å². The normalized spacial score (nSPS) is 12.1. The van der Waals surface area contributed by atoms with Crippen LogP contribution in [0.25, 0.3) is 33.1 Å². The number of aromatic hydroxyl groups is 1. The van der Waals surface area contributed by atoms with Crippen LogP contribution in [0.4, 0.5) is 4.39 Å². The van der Waals surface area contributed by atoms with Crippen LogP contribution in [0.5, 0.6) is 11.5 Å². The Bertz CT molecular complexity index is 1650. The smallest absolute Gasteiger partial charge is 0.252 e. The highest BCUT2D eigenvalue weighted by atomic mass is 19.1. The van der Waals surface area contributed by atoms with E-state index in [1.54, 1.807) is 18.2 Å². The predicted octanol–water partition coefficient (Wildman–Crippen LogP) is 5.06. The second kappa shape index (κ2) is 10.5. The lowest BCUT2D eigenvalue weighted by Gasteiger charge is -2.18. The van der Waals surface area contributed by atoms with Crippen molar-refractivity contribution in [3.63, 3.8) is 0 Å². The summed E-state index contributed by atoms with van der Waals surface area (Å²) in [6.07, 6.45) is 2.48. The number of rotatable bonds is 8. The molecule has 7 nitrogen and oxygen atoms in total. The minimum absolute atomic E-state index is 0.0114. The first-order valence-corrected chi connectivity index (χ1v) is 12.4. The number of methoxy groups -OCH3 is 1. The molecular weight excluding hydrogens is 485 g/mol. The number of pyridine rings is 1. The molecule has 8 heteroatoms. The lowest BCUT2D eigenvalue weighted by atomic mass is 10.0. The number of hydrogen-bond donors (Lipinski definition) is 3. The summed E-state index contributed by atoms with van der Waals surface area (Å²) in [5.74, 6) is -0.887. The van der Waals surface area contributed by atoms with Crippen molar-refractivity contribution in [3.05, 3.63) is 89.9 Å². The molecule has 1 unspecified atom stereocenters. The Kier molecular flexibility index (Phi) is 6.98. The fourth-order valence-electron chi connectivity index (χ4n) is 4.81. The lowest BCUT2D eigenvalue weighted by molar-refractivity contribution is 0.0918. The van der Waals surface area contributed by atoms with Crippen molar-refractivity contribution in [3.8, 4) is 22.8 Å². The van der Waals surface area contributed by atoms with Crippen LogP contribution in [0.1, 0.15) is 22.8 Å². The van der Waals surface area contributed by atoms with Crippen molar-refractivity contribution < 1.29 is 24.1 Å². The molecule has 194 valence electrons. The van der Waals surface area contributed by atoms with E-state index in [4.69, 9.17) is 4.74 Å². The average Bonchev–Trinajstić information content (AvgIpc) is 3.29. The largest absolute Gasteiger partial charge is 0.508 e. The number of aromatic nitrogens is 2. The third kappa shape index (κ3) is 4.78. The lowest BCUT2D eigenvalue weighted by Crippen LogP contribution is -2.39. The zero-order valence-corrected chi connectivity index (χ0v) is 21.1. The number of phenols is 1. The molecule has 38 heavy (non-hydrogen) atoms. The molecule has 5 rings (SSSR count). The van der Waals surface area contributed by atoms with Gasteiger partial charge < -0.3 is 24.8 Å². The van der Waals surface area contributed by atoms with Crippen LogP contribution in [-0.4, -0.2) is 45.4 Å². The molecule has 0 fully saturated rings. The standard InChI is InChI=1S/C30H28FN3O4/c1-3-34-16-19(22-6-4-5-7-28(22)34)12-20(17-35)32-30(37)24-15-27(18-8-11-29(38-2)25(31)13-18)33-26-10-9-21(36)14-23(24)26/h4-11,13-16,20,35-36H,3,12,17H2,1-2H3,(H,32,37). The fourth-order valence-corrected chi connectivity index (χ4v) is 4.81. The van der Waals surface area contributed by atoms with Gasteiger partial charge in [0.25, 0.3) is 5.91 Å². The van der Waals surface area contributed by atoms with Gasteiger partial charge in [-0.3, -0.25) is 4.79 Å². The first-order chi connectivity index (χ1) is 18.4. The number of carbonyl (C=O) groups excluding carboxylic acids is 1. The molecule has 1 atom stereocenters. The summed E-state index contributed by atoms with van der Waals surface area (Å²) in [5.41, 5.74) is 3.70. The minimum atomic E-state index is -0.555. The molecule has 3 aromatic carbocycles. The molecule has 1 amide bonds. The number of amides is 1. The predicted molar refractivity (Wildman–Crippen MR) is 145 cm³/mol. The highest BCUT2D eigenvalue weighted by Crippen LogP contribution is 2.30. The topological polar surface area (TPSA) is 96.6 Å². The Morgan fingerprint density at radius 3 is 2.66 bits per heavy atom. The van der Waals surface area contributed by atoms with E-state index in [2.05, 4.69) is 28.0 Å². The number of aryl methyl sites for hydroxylation is 1. The quantitative estimate of drug-likeness (QED) is 0.269. The van der Waals surface area contributed by atoms with E-state index >= 15 is 0 Å². The van der Waals surface area contributed by atoms with Gasteiger partial charge in [0.15, 0.2) is 11.6 Å². The number of para-hydroxylation sites is 1. The van der Waals surface area contributed by atoms with E-state index < -0.39 is 17.8 Å². The summed E-state index contributed by atoms with van der Waals surface area (Å²) in [6.45, 7) is 2.61. The molecule has 0 aliphatic carbocycles. The summed E-state index contributed by atoms with van der Waals surface area (Å²) in [4.78, 5) is 18.2. The zero-order chi connectivity index (χ0) is 26.8. The molecule has 0 spiro atoms. The molecule has 3 N–H and O–H groups in total. The number of aliphatic hydroxyl groups excluding tert-OH is 1. The van der Waals surface area contributed by atoms with Crippen LogP contribution in [0.15, 0.2) is 72.9 Å². The van der Waals surface area contributed by atoms with E-state index in [-0.39, 0.29) is 23.7 Å². The van der Waals surface area contributed by atoms with Crippen LogP contribution in [0.3, 0.4) is 0 Å². The van der Waals surface area contributed by atoms with E-state index in [9.17, 15) is 19.4 Å². The Morgan fingerprint density at radius 2 is 1.92 bits per heavy atom. The second-order valence-corrected chi connectivity index (χ2v) is 9.12. The number of aliphatic hydroxyl groups is 1. The number of ether oxygens (including phenoxy) is 1. The Labute approximate surface area is 219 Å². The maximum Gasteiger partial charge on any atom is 0.252 e. The van der Waals surface area contributed by atoms with Gasteiger partial charge in [-0.15, -0.1) is 0 Å². The first-order valence-electron chi connectivity index (χ1n) is 12.4. The molecule has 0 aliphatic heterocycles. The number of carbonyl (C=O) groups is 1. The molecular formula is C30H28FN3O4. The van der Waals surface area contributed by atoms with Crippen LogP contribution in [-0.2, 0) is 13.0 Å². The fraction of sp³-hybridized carbons (Fsp3) is 0.200. The highest BCUT2D eigenvalue weighted by Gasteiger charge is 2.20. The van der Waals surface area contributed by atoms with Crippen LogP contribution < -0.4 is 10.1 Å². The maximum atomic E-state index is 14.4. The third-order valence-corrected chi connectivity index (χ3v) is 6.72. The number of nitrogens with one attached hydrogen (secondary N) is 1. The van der Waals surface area contributed by atoms with E-state index in [0.717, 1.165) is 23.0 Å². The SMILES string of the molecule is CCn1cc(CC(CO)NC(=O)c2cc(-c3ccc(OC)c(F)c3)nc3ccc(O)cc23)c2ccccc21. The van der Waals surface area contributed by atoms with Gasteiger partial charge in [-0.1, -0.05) is 18.2 Å². The Morgan fingerprint density at radius 1 is 1.11 bits per heavy atom. The average molecular weight is 514 g/mol. The summed E-state index contributed by atoms with van der Waals surface area (Å²) < 4.78 is 21.6. The molecule has 0 aliphatic rings. The van der Waals surface area contributed by atoms with Crippen molar-refractivity contribution in [2.75, 3.05) is 13.7 Å². The summed E-state index contributed by atoms with van der Waals surface area (Å²) in [7, 11) is 1.39. The van der Waals surface area contributed by atoms with Gasteiger partial charge in [0, 0.05) is 34.6 Å². The van der Waals surface area contributed by atoms with Crippen LogP contribution in [0.2, 0.25) is 0 Å². The number of phenolic OH excluding ortho intramolecular Hbond substituents is 1. The monoisotopic (exact) mass is 513 g/mol. The molecule has 5 aromatic rings. The zero-order valence-electron chi connectivity index (χ0n) is 21.1. The van der Waals surface area contributed by atoms with Gasteiger partial charge in [-0.25, -0.2) is 9.37 Å². The van der Waals surface area contributed by atoms with E-state index in [0.29, 0.717) is 28.6 Å². The molecule has 0 radical (unpaired) electrons. The Balaban J connectivity index is 1.50. The number of hydrogen-bond acceptors (Lipinski definition) is 5. The minimum Gasteiger partial charge on any atom is -0.508 e. The van der Waals surface area contributed by atoms with Gasteiger partial charge in [0.05, 0.1) is 36.5 Å². The molecule has 2 aromatic heterocycles. The summed E-state index contributed by atoms with van der Waals surface area (Å²) in [6, 6.07) is 18.1. The van der Waals surface area contributed by atoms with Crippen molar-refractivity contribution in [2.24, 2.45) is 0 Å². The van der Waals surface area contributed by atoms with E-state index in [1.807, 2.05) is 24.3 Å². The highest BCUT2D eigenvalue weighted by molar-refractivity contribution is 6.07. The second-order valence-electron chi connectivity index (χ2n) is 9.12. The number of benzene rings is 3. The van der Waals surface area contributed by atoms with Gasteiger partial charge >= 0.3 is 0 Å². The number of halogens is 1. The van der Waals surface area contributed by atoms with Gasteiger partial charge in [-0.2, -0.15) is 0 Å². The number of nitrogens with zero attached hydrogens (tertiary/aromatic N) is 2. The first kappa shape index (κ1) is 25.2. The van der Waals surface area contributed by atoms with Crippen molar-refractivity contribution >= 4 is 27.7 Å². The molecule has 0 saturated carbocycles. The molecule has 0 saturated heterocycles. The summed E-state index contributed by atoms with van der Waals surface area (Å²) in [5, 5.41) is 24.7. The third-order valence-electron chi connectivity index (χ3n) is 6.72.